The predicted molar refractivity (Wildman–Crippen MR) is 65.7 cm³/mol. The molecule has 0 aromatic heterocycles. The number of likely N-dealkylation sites (N-methyl/N-ethyl adjacent to an activating group) is 1. The summed E-state index contributed by atoms with van der Waals surface area (Å²) in [6.45, 7) is 4.27. The highest BCUT2D eigenvalue weighted by molar-refractivity contribution is 5.16. The maximum atomic E-state index is 5.41. The second-order valence-electron chi connectivity index (χ2n) is 4.05. The Hall–Kier alpha value is -1.26. The van der Waals surface area contributed by atoms with Crippen LogP contribution in [0.15, 0.2) is 30.3 Å². The third-order valence-electron chi connectivity index (χ3n) is 2.92. The summed E-state index contributed by atoms with van der Waals surface area (Å²) in [5.41, 5.74) is 1.36. The summed E-state index contributed by atoms with van der Waals surface area (Å²) in [5, 5.41) is 0. The zero-order chi connectivity index (χ0) is 11.3. The topological polar surface area (TPSA) is 3.24 Å². The molecule has 1 unspecified atom stereocenters. The maximum Gasteiger partial charge on any atom is 0.0683 e. The largest absolute Gasteiger partial charge is 0.290 e. The Morgan fingerprint density at radius 3 is 2.40 bits per heavy atom. The average molecular weight is 201 g/mol. The van der Waals surface area contributed by atoms with E-state index in [-0.39, 0.29) is 6.04 Å². The van der Waals surface area contributed by atoms with E-state index in [4.69, 9.17) is 6.42 Å². The summed E-state index contributed by atoms with van der Waals surface area (Å²) in [5.74, 6) is 2.76. The fourth-order valence-corrected chi connectivity index (χ4v) is 1.60. The Labute approximate surface area is 93.1 Å². The van der Waals surface area contributed by atoms with Gasteiger partial charge in [0.2, 0.25) is 0 Å². The SMILES string of the molecule is C#CC(C)N(C)[C@H](C)Cc1ccccc1. The van der Waals surface area contributed by atoms with Crippen LogP contribution in [0, 0.1) is 12.3 Å². The molecule has 0 amide bonds. The van der Waals surface area contributed by atoms with Gasteiger partial charge < -0.3 is 0 Å². The van der Waals surface area contributed by atoms with Crippen LogP contribution >= 0.6 is 0 Å². The van der Waals surface area contributed by atoms with Gasteiger partial charge in [-0.1, -0.05) is 36.3 Å². The van der Waals surface area contributed by atoms with Crippen molar-refractivity contribution in [3.05, 3.63) is 35.9 Å². The van der Waals surface area contributed by atoms with Crippen molar-refractivity contribution in [3.8, 4) is 12.3 Å². The van der Waals surface area contributed by atoms with Gasteiger partial charge in [-0.3, -0.25) is 4.90 Å². The van der Waals surface area contributed by atoms with E-state index in [0.717, 1.165) is 6.42 Å². The van der Waals surface area contributed by atoms with Gasteiger partial charge in [-0.2, -0.15) is 0 Å². The Balaban J connectivity index is 2.57. The molecular weight excluding hydrogens is 182 g/mol. The van der Waals surface area contributed by atoms with Crippen molar-refractivity contribution in [1.82, 2.24) is 4.90 Å². The molecule has 0 spiro atoms. The third kappa shape index (κ3) is 3.42. The number of terminal acetylenes is 1. The number of hydrogen-bond acceptors (Lipinski definition) is 1. The molecule has 0 saturated carbocycles. The van der Waals surface area contributed by atoms with Crippen LogP contribution in [-0.4, -0.2) is 24.0 Å². The van der Waals surface area contributed by atoms with E-state index in [1.54, 1.807) is 0 Å². The second-order valence-corrected chi connectivity index (χ2v) is 4.05. The first kappa shape index (κ1) is 11.8. The zero-order valence-corrected chi connectivity index (χ0v) is 9.77. The molecule has 1 heteroatoms. The highest BCUT2D eigenvalue weighted by atomic mass is 15.1. The first-order valence-electron chi connectivity index (χ1n) is 5.37. The van der Waals surface area contributed by atoms with E-state index < -0.39 is 0 Å². The van der Waals surface area contributed by atoms with Crippen LogP contribution in [-0.2, 0) is 6.42 Å². The first-order valence-corrected chi connectivity index (χ1v) is 5.37. The Morgan fingerprint density at radius 2 is 1.87 bits per heavy atom. The summed E-state index contributed by atoms with van der Waals surface area (Å²) < 4.78 is 0. The van der Waals surface area contributed by atoms with Gasteiger partial charge in [0.25, 0.3) is 0 Å². The van der Waals surface area contributed by atoms with Crippen molar-refractivity contribution < 1.29 is 0 Å². The van der Waals surface area contributed by atoms with Gasteiger partial charge in [-0.05, 0) is 32.9 Å². The number of benzene rings is 1. The molecule has 2 atom stereocenters. The quantitative estimate of drug-likeness (QED) is 0.677. The van der Waals surface area contributed by atoms with Gasteiger partial charge in [0.1, 0.15) is 0 Å². The third-order valence-corrected chi connectivity index (χ3v) is 2.92. The molecule has 0 radical (unpaired) electrons. The molecule has 15 heavy (non-hydrogen) atoms. The number of rotatable bonds is 4. The van der Waals surface area contributed by atoms with Gasteiger partial charge in [0.15, 0.2) is 0 Å². The highest BCUT2D eigenvalue weighted by Crippen LogP contribution is 2.09. The summed E-state index contributed by atoms with van der Waals surface area (Å²) in [6, 6.07) is 11.2. The van der Waals surface area contributed by atoms with Crippen molar-refractivity contribution in [2.24, 2.45) is 0 Å². The van der Waals surface area contributed by atoms with E-state index in [2.05, 4.69) is 56.0 Å². The van der Waals surface area contributed by atoms with Crippen LogP contribution in [0.3, 0.4) is 0 Å². The lowest BCUT2D eigenvalue weighted by Gasteiger charge is -2.27. The molecule has 1 aromatic carbocycles. The van der Waals surface area contributed by atoms with Crippen LogP contribution in [0.1, 0.15) is 19.4 Å². The summed E-state index contributed by atoms with van der Waals surface area (Å²) in [7, 11) is 2.08. The van der Waals surface area contributed by atoms with Crippen LogP contribution in [0.4, 0.5) is 0 Å². The van der Waals surface area contributed by atoms with Crippen molar-refractivity contribution in [2.45, 2.75) is 32.4 Å². The van der Waals surface area contributed by atoms with Gasteiger partial charge in [0, 0.05) is 6.04 Å². The van der Waals surface area contributed by atoms with E-state index in [1.165, 1.54) is 5.56 Å². The van der Waals surface area contributed by atoms with E-state index in [0.29, 0.717) is 6.04 Å². The molecule has 80 valence electrons. The van der Waals surface area contributed by atoms with Crippen molar-refractivity contribution in [3.63, 3.8) is 0 Å². The van der Waals surface area contributed by atoms with E-state index in [1.807, 2.05) is 6.07 Å². The molecule has 0 bridgehead atoms. The molecule has 1 aromatic rings. The molecule has 0 aliphatic rings. The molecule has 1 nitrogen and oxygen atoms in total. The zero-order valence-electron chi connectivity index (χ0n) is 9.77. The van der Waals surface area contributed by atoms with Crippen LogP contribution < -0.4 is 0 Å². The molecule has 1 rings (SSSR count). The van der Waals surface area contributed by atoms with Crippen molar-refractivity contribution in [2.75, 3.05) is 7.05 Å². The molecule has 0 aliphatic carbocycles. The molecule has 0 heterocycles. The molecular formula is C14H19N. The standard InChI is InChI=1S/C14H19N/c1-5-12(2)15(4)13(3)11-14-9-7-6-8-10-14/h1,6-10,12-13H,11H2,2-4H3/t12?,13-/m1/s1. The summed E-state index contributed by atoms with van der Waals surface area (Å²) in [6.07, 6.45) is 6.46. The van der Waals surface area contributed by atoms with Crippen LogP contribution in [0.25, 0.3) is 0 Å². The first-order chi connectivity index (χ1) is 7.15. The van der Waals surface area contributed by atoms with Gasteiger partial charge in [-0.25, -0.2) is 0 Å². The number of hydrogen-bond donors (Lipinski definition) is 0. The monoisotopic (exact) mass is 201 g/mol. The van der Waals surface area contributed by atoms with E-state index in [9.17, 15) is 0 Å². The highest BCUT2D eigenvalue weighted by Gasteiger charge is 2.13. The molecule has 0 aliphatic heterocycles. The smallest absolute Gasteiger partial charge is 0.0683 e. The minimum Gasteiger partial charge on any atom is -0.290 e. The molecule has 0 saturated heterocycles. The van der Waals surface area contributed by atoms with Crippen LogP contribution in [0.2, 0.25) is 0 Å². The maximum absolute atomic E-state index is 5.41. The van der Waals surface area contributed by atoms with Gasteiger partial charge >= 0.3 is 0 Å². The Bertz CT molecular complexity index is 323. The lowest BCUT2D eigenvalue weighted by Crippen LogP contribution is -2.37. The average Bonchev–Trinajstić information content (AvgIpc) is 2.28. The fourth-order valence-electron chi connectivity index (χ4n) is 1.60. The lowest BCUT2D eigenvalue weighted by molar-refractivity contribution is 0.231. The summed E-state index contributed by atoms with van der Waals surface area (Å²) in [4.78, 5) is 2.23. The van der Waals surface area contributed by atoms with E-state index >= 15 is 0 Å². The van der Waals surface area contributed by atoms with Crippen molar-refractivity contribution in [1.29, 1.82) is 0 Å². The van der Waals surface area contributed by atoms with Gasteiger partial charge in [0.05, 0.1) is 6.04 Å². The van der Waals surface area contributed by atoms with Gasteiger partial charge in [-0.15, -0.1) is 6.42 Å². The number of nitrogens with zero attached hydrogens (tertiary/aromatic N) is 1. The van der Waals surface area contributed by atoms with Crippen LogP contribution in [0.5, 0.6) is 0 Å². The molecule has 0 N–H and O–H groups in total. The van der Waals surface area contributed by atoms with Crippen molar-refractivity contribution >= 4 is 0 Å². The normalized spacial score (nSPS) is 14.6. The Kier molecular flexibility index (Phi) is 4.39. The minimum atomic E-state index is 0.198. The Morgan fingerprint density at radius 1 is 1.27 bits per heavy atom. The second kappa shape index (κ2) is 5.58. The predicted octanol–water partition coefficient (Wildman–Crippen LogP) is 2.57. The summed E-state index contributed by atoms with van der Waals surface area (Å²) >= 11 is 0. The lowest BCUT2D eigenvalue weighted by atomic mass is 10.1. The fraction of sp³-hybridized carbons (Fsp3) is 0.429. The molecule has 0 fully saturated rings. The minimum absolute atomic E-state index is 0.198.